The summed E-state index contributed by atoms with van der Waals surface area (Å²) in [7, 11) is 1.80. The third-order valence-electron chi connectivity index (χ3n) is 4.24. The molecule has 102 valence electrons. The van der Waals surface area contributed by atoms with Gasteiger partial charge in [-0.3, -0.25) is 9.59 Å². The van der Waals surface area contributed by atoms with Crippen molar-refractivity contribution in [3.8, 4) is 0 Å². The molecule has 1 aliphatic heterocycles. The average Bonchev–Trinajstić information content (AvgIpc) is 2.87. The Morgan fingerprint density at radius 2 is 1.72 bits per heavy atom. The molecule has 1 saturated carbocycles. The highest BCUT2D eigenvalue weighted by molar-refractivity contribution is 5.85. The van der Waals surface area contributed by atoms with Gasteiger partial charge < -0.3 is 14.7 Å². The van der Waals surface area contributed by atoms with Crippen molar-refractivity contribution in [2.75, 3.05) is 20.3 Å². The zero-order chi connectivity index (χ0) is 13.1. The van der Waals surface area contributed by atoms with Crippen LogP contribution in [-0.2, 0) is 14.3 Å². The topological polar surface area (TPSA) is 66.8 Å². The van der Waals surface area contributed by atoms with Crippen LogP contribution in [0.3, 0.4) is 0 Å². The number of carbonyl (C=O) groups is 2. The lowest BCUT2D eigenvalue weighted by molar-refractivity contribution is -0.150. The lowest BCUT2D eigenvalue weighted by atomic mass is 9.93. The van der Waals surface area contributed by atoms with Crippen molar-refractivity contribution in [2.45, 2.75) is 38.1 Å². The average molecular weight is 255 g/mol. The van der Waals surface area contributed by atoms with Gasteiger partial charge in [-0.1, -0.05) is 6.42 Å². The molecule has 0 aromatic rings. The molecule has 2 atom stereocenters. The van der Waals surface area contributed by atoms with Crippen LogP contribution < -0.4 is 0 Å². The summed E-state index contributed by atoms with van der Waals surface area (Å²) in [5.41, 5.74) is 0. The Morgan fingerprint density at radius 1 is 1.11 bits per heavy atom. The van der Waals surface area contributed by atoms with E-state index in [4.69, 9.17) is 9.84 Å². The molecule has 5 nitrogen and oxygen atoms in total. The van der Waals surface area contributed by atoms with Crippen molar-refractivity contribution in [3.05, 3.63) is 0 Å². The van der Waals surface area contributed by atoms with E-state index in [1.165, 1.54) is 0 Å². The first kappa shape index (κ1) is 13.3. The monoisotopic (exact) mass is 255 g/mol. The van der Waals surface area contributed by atoms with Gasteiger partial charge in [-0.2, -0.15) is 0 Å². The zero-order valence-corrected chi connectivity index (χ0v) is 10.8. The van der Waals surface area contributed by atoms with Crippen LogP contribution in [0, 0.1) is 11.8 Å². The van der Waals surface area contributed by atoms with Gasteiger partial charge in [-0.15, -0.1) is 0 Å². The van der Waals surface area contributed by atoms with Crippen LogP contribution in [0.15, 0.2) is 0 Å². The zero-order valence-electron chi connectivity index (χ0n) is 10.8. The molecule has 2 unspecified atom stereocenters. The molecule has 1 N–H and O–H groups in total. The smallest absolute Gasteiger partial charge is 0.307 e. The van der Waals surface area contributed by atoms with Gasteiger partial charge in [0.2, 0.25) is 5.91 Å². The Morgan fingerprint density at radius 3 is 2.33 bits per heavy atom. The summed E-state index contributed by atoms with van der Waals surface area (Å²) in [5.74, 6) is -1.63. The number of hydrogen-bond acceptors (Lipinski definition) is 3. The number of carbonyl (C=O) groups excluding carboxylic acids is 1. The first-order valence-electron chi connectivity index (χ1n) is 6.68. The molecule has 0 aromatic heterocycles. The van der Waals surface area contributed by atoms with Crippen molar-refractivity contribution < 1.29 is 19.4 Å². The Labute approximate surface area is 107 Å². The summed E-state index contributed by atoms with van der Waals surface area (Å²) in [6.07, 6.45) is 3.89. The number of hydrogen-bond donors (Lipinski definition) is 1. The Kier molecular flexibility index (Phi) is 4.22. The van der Waals surface area contributed by atoms with E-state index in [9.17, 15) is 9.59 Å². The highest BCUT2D eigenvalue weighted by Gasteiger charge is 2.40. The summed E-state index contributed by atoms with van der Waals surface area (Å²) < 4.78 is 5.28. The number of nitrogens with zero attached hydrogens (tertiary/aromatic N) is 1. The fourth-order valence-corrected chi connectivity index (χ4v) is 3.07. The normalized spacial score (nSPS) is 29.2. The van der Waals surface area contributed by atoms with E-state index in [1.54, 1.807) is 11.9 Å². The van der Waals surface area contributed by atoms with Crippen LogP contribution in [0.4, 0.5) is 0 Å². The summed E-state index contributed by atoms with van der Waals surface area (Å²) in [4.78, 5) is 25.3. The lowest BCUT2D eigenvalue weighted by Crippen LogP contribution is -2.45. The van der Waals surface area contributed by atoms with Crippen LogP contribution in [0.25, 0.3) is 0 Å². The van der Waals surface area contributed by atoms with Crippen molar-refractivity contribution in [2.24, 2.45) is 11.8 Å². The molecule has 0 bridgehead atoms. The van der Waals surface area contributed by atoms with Gasteiger partial charge >= 0.3 is 5.97 Å². The summed E-state index contributed by atoms with van der Waals surface area (Å²) in [6, 6.07) is 0.210. The number of aliphatic carboxylic acids is 1. The van der Waals surface area contributed by atoms with Gasteiger partial charge in [0.25, 0.3) is 0 Å². The van der Waals surface area contributed by atoms with E-state index in [0.29, 0.717) is 26.1 Å². The first-order valence-corrected chi connectivity index (χ1v) is 6.68. The van der Waals surface area contributed by atoms with Crippen LogP contribution >= 0.6 is 0 Å². The van der Waals surface area contributed by atoms with E-state index >= 15 is 0 Å². The van der Waals surface area contributed by atoms with Crippen molar-refractivity contribution in [1.29, 1.82) is 0 Å². The molecule has 18 heavy (non-hydrogen) atoms. The molecule has 2 fully saturated rings. The molecular weight excluding hydrogens is 234 g/mol. The fraction of sp³-hybridized carbons (Fsp3) is 0.846. The minimum atomic E-state index is -0.828. The number of amides is 1. The molecule has 1 saturated heterocycles. The third-order valence-corrected chi connectivity index (χ3v) is 4.24. The summed E-state index contributed by atoms with van der Waals surface area (Å²) in [6.45, 7) is 1.38. The fourth-order valence-electron chi connectivity index (χ4n) is 3.07. The van der Waals surface area contributed by atoms with Crippen molar-refractivity contribution in [1.82, 2.24) is 4.90 Å². The van der Waals surface area contributed by atoms with E-state index in [0.717, 1.165) is 19.3 Å². The van der Waals surface area contributed by atoms with Crippen LogP contribution in [-0.4, -0.2) is 48.2 Å². The van der Waals surface area contributed by atoms with Crippen LogP contribution in [0.5, 0.6) is 0 Å². The van der Waals surface area contributed by atoms with Gasteiger partial charge in [-0.25, -0.2) is 0 Å². The third kappa shape index (κ3) is 2.66. The molecule has 1 amide bonds. The predicted molar refractivity (Wildman–Crippen MR) is 65.1 cm³/mol. The van der Waals surface area contributed by atoms with E-state index < -0.39 is 11.9 Å². The van der Waals surface area contributed by atoms with E-state index in [2.05, 4.69) is 0 Å². The van der Waals surface area contributed by atoms with Gasteiger partial charge in [0, 0.05) is 26.3 Å². The number of ether oxygens (including phenoxy) is 1. The second-order valence-corrected chi connectivity index (χ2v) is 5.27. The number of rotatable bonds is 3. The van der Waals surface area contributed by atoms with Gasteiger partial charge in [-0.05, 0) is 25.7 Å². The van der Waals surface area contributed by atoms with E-state index in [-0.39, 0.29) is 17.9 Å². The standard InChI is InChI=1S/C13H21NO4/c1-14(9-5-7-18-8-6-9)12(15)10-3-2-4-11(10)13(16)17/h9-11H,2-8H2,1H3,(H,16,17). The molecule has 1 heterocycles. The highest BCUT2D eigenvalue weighted by atomic mass is 16.5. The van der Waals surface area contributed by atoms with Crippen LogP contribution in [0.1, 0.15) is 32.1 Å². The minimum Gasteiger partial charge on any atom is -0.481 e. The van der Waals surface area contributed by atoms with Crippen molar-refractivity contribution >= 4 is 11.9 Å². The number of carboxylic acids is 1. The quantitative estimate of drug-likeness (QED) is 0.820. The molecule has 0 aromatic carbocycles. The predicted octanol–water partition coefficient (Wildman–Crippen LogP) is 1.12. The Hall–Kier alpha value is -1.10. The Bertz CT molecular complexity index is 325. The summed E-state index contributed by atoms with van der Waals surface area (Å²) in [5, 5.41) is 9.13. The van der Waals surface area contributed by atoms with E-state index in [1.807, 2.05) is 0 Å². The van der Waals surface area contributed by atoms with Crippen LogP contribution in [0.2, 0.25) is 0 Å². The maximum absolute atomic E-state index is 12.4. The molecule has 0 spiro atoms. The molecule has 2 rings (SSSR count). The maximum atomic E-state index is 12.4. The van der Waals surface area contributed by atoms with Gasteiger partial charge in [0.05, 0.1) is 11.8 Å². The largest absolute Gasteiger partial charge is 0.481 e. The van der Waals surface area contributed by atoms with Gasteiger partial charge in [0.1, 0.15) is 0 Å². The SMILES string of the molecule is CN(C(=O)C1CCCC1C(=O)O)C1CCOCC1. The lowest BCUT2D eigenvalue weighted by Gasteiger charge is -2.33. The second kappa shape index (κ2) is 5.69. The second-order valence-electron chi connectivity index (χ2n) is 5.27. The molecule has 0 radical (unpaired) electrons. The highest BCUT2D eigenvalue weighted by Crippen LogP contribution is 2.34. The summed E-state index contributed by atoms with van der Waals surface area (Å²) >= 11 is 0. The minimum absolute atomic E-state index is 0.00630. The van der Waals surface area contributed by atoms with Gasteiger partial charge in [0.15, 0.2) is 0 Å². The first-order chi connectivity index (χ1) is 8.61. The van der Waals surface area contributed by atoms with Crippen molar-refractivity contribution in [3.63, 3.8) is 0 Å². The molecule has 2 aliphatic rings. The molecule has 1 aliphatic carbocycles. The number of carboxylic acid groups (broad SMARTS) is 1. The maximum Gasteiger partial charge on any atom is 0.307 e. The molecular formula is C13H21NO4. The molecule has 5 heteroatoms. The Balaban J connectivity index is 1.99.